The van der Waals surface area contributed by atoms with E-state index in [1.54, 1.807) is 43.5 Å². The lowest BCUT2D eigenvalue weighted by Crippen LogP contribution is -2.12. The predicted molar refractivity (Wildman–Crippen MR) is 84.0 cm³/mol. The van der Waals surface area contributed by atoms with Crippen LogP contribution in [0.25, 0.3) is 0 Å². The van der Waals surface area contributed by atoms with Crippen LogP contribution < -0.4 is 14.8 Å². The van der Waals surface area contributed by atoms with E-state index in [1.807, 2.05) is 0 Å². The molecule has 0 aromatic heterocycles. The van der Waals surface area contributed by atoms with E-state index in [0.29, 0.717) is 32.8 Å². The number of rotatable bonds is 4. The summed E-state index contributed by atoms with van der Waals surface area (Å²) in [6.07, 6.45) is 0. The first-order valence-electron chi connectivity index (χ1n) is 6.03. The fraction of sp³-hybridized carbons (Fsp3) is 0.133. The van der Waals surface area contributed by atoms with Gasteiger partial charge in [-0.3, -0.25) is 4.79 Å². The highest BCUT2D eigenvalue weighted by atomic mass is 35.5. The molecule has 6 heteroatoms. The van der Waals surface area contributed by atoms with Gasteiger partial charge in [-0.1, -0.05) is 23.2 Å². The van der Waals surface area contributed by atoms with Crippen molar-refractivity contribution < 1.29 is 14.3 Å². The number of hydrogen-bond donors (Lipinski definition) is 1. The van der Waals surface area contributed by atoms with Crippen LogP contribution in [0.15, 0.2) is 36.4 Å². The summed E-state index contributed by atoms with van der Waals surface area (Å²) in [7, 11) is 3.07. The van der Waals surface area contributed by atoms with Gasteiger partial charge in [-0.15, -0.1) is 0 Å². The second kappa shape index (κ2) is 6.70. The maximum Gasteiger partial charge on any atom is 0.255 e. The second-order valence-corrected chi connectivity index (χ2v) is 5.05. The van der Waals surface area contributed by atoms with Crippen molar-refractivity contribution in [2.24, 2.45) is 0 Å². The molecule has 110 valence electrons. The third-order valence-corrected chi connectivity index (χ3v) is 3.22. The lowest BCUT2D eigenvalue weighted by Gasteiger charge is -2.12. The largest absolute Gasteiger partial charge is 0.497 e. The molecule has 0 aliphatic rings. The number of amides is 1. The molecular formula is C15H13Cl2NO3. The number of halogens is 2. The first-order chi connectivity index (χ1) is 10.0. The molecule has 0 radical (unpaired) electrons. The Labute approximate surface area is 132 Å². The molecule has 1 N–H and O–H groups in total. The number of nitrogens with one attached hydrogen (secondary N) is 1. The molecule has 2 aromatic rings. The van der Waals surface area contributed by atoms with E-state index in [9.17, 15) is 4.79 Å². The zero-order valence-electron chi connectivity index (χ0n) is 11.4. The minimum atomic E-state index is -0.331. The Bertz CT molecular complexity index is 654. The van der Waals surface area contributed by atoms with Gasteiger partial charge < -0.3 is 14.8 Å². The summed E-state index contributed by atoms with van der Waals surface area (Å²) in [5, 5.41) is 3.54. The third kappa shape index (κ3) is 3.80. The fourth-order valence-electron chi connectivity index (χ4n) is 1.78. The highest BCUT2D eigenvalue weighted by Gasteiger charge is 2.12. The summed E-state index contributed by atoms with van der Waals surface area (Å²) in [4.78, 5) is 12.2. The lowest BCUT2D eigenvalue weighted by atomic mass is 10.2. The van der Waals surface area contributed by atoms with Gasteiger partial charge >= 0.3 is 0 Å². The summed E-state index contributed by atoms with van der Waals surface area (Å²) in [5.41, 5.74) is 0.893. The molecule has 0 heterocycles. The maximum atomic E-state index is 12.2. The predicted octanol–water partition coefficient (Wildman–Crippen LogP) is 4.26. The van der Waals surface area contributed by atoms with Gasteiger partial charge in [0.05, 0.1) is 19.9 Å². The van der Waals surface area contributed by atoms with Crippen molar-refractivity contribution in [2.75, 3.05) is 19.5 Å². The first-order valence-corrected chi connectivity index (χ1v) is 6.78. The molecule has 0 bridgehead atoms. The molecule has 0 atom stereocenters. The van der Waals surface area contributed by atoms with Crippen LogP contribution in [-0.4, -0.2) is 20.1 Å². The molecule has 21 heavy (non-hydrogen) atoms. The van der Waals surface area contributed by atoms with E-state index >= 15 is 0 Å². The SMILES string of the molecule is COc1ccc(NC(=O)c2cc(Cl)cc(Cl)c2)c(OC)c1. The Hall–Kier alpha value is -1.91. The Balaban J connectivity index is 2.26. The molecule has 0 saturated heterocycles. The summed E-state index contributed by atoms with van der Waals surface area (Å²) < 4.78 is 10.3. The van der Waals surface area contributed by atoms with Crippen LogP contribution in [0.5, 0.6) is 11.5 Å². The zero-order valence-corrected chi connectivity index (χ0v) is 13.0. The summed E-state index contributed by atoms with van der Waals surface area (Å²) in [6, 6.07) is 9.75. The molecule has 0 unspecified atom stereocenters. The van der Waals surface area contributed by atoms with Crippen molar-refractivity contribution in [1.29, 1.82) is 0 Å². The van der Waals surface area contributed by atoms with Crippen molar-refractivity contribution in [1.82, 2.24) is 0 Å². The average molecular weight is 326 g/mol. The van der Waals surface area contributed by atoms with Gasteiger partial charge in [0.2, 0.25) is 0 Å². The minimum absolute atomic E-state index is 0.331. The van der Waals surface area contributed by atoms with Gasteiger partial charge in [-0.25, -0.2) is 0 Å². The Morgan fingerprint density at radius 3 is 2.24 bits per heavy atom. The van der Waals surface area contributed by atoms with Gasteiger partial charge in [0.15, 0.2) is 0 Å². The first kappa shape index (κ1) is 15.5. The molecule has 2 aromatic carbocycles. The summed E-state index contributed by atoms with van der Waals surface area (Å²) in [5.74, 6) is 0.800. The quantitative estimate of drug-likeness (QED) is 0.913. The van der Waals surface area contributed by atoms with E-state index < -0.39 is 0 Å². The average Bonchev–Trinajstić information content (AvgIpc) is 2.46. The minimum Gasteiger partial charge on any atom is -0.497 e. The van der Waals surface area contributed by atoms with Crippen LogP contribution in [0.2, 0.25) is 10.0 Å². The number of carbonyl (C=O) groups is 1. The van der Waals surface area contributed by atoms with E-state index in [2.05, 4.69) is 5.32 Å². The van der Waals surface area contributed by atoms with Crippen LogP contribution in [0.3, 0.4) is 0 Å². The van der Waals surface area contributed by atoms with E-state index in [0.717, 1.165) is 0 Å². The molecule has 1 amide bonds. The summed E-state index contributed by atoms with van der Waals surface area (Å²) in [6.45, 7) is 0. The van der Waals surface area contributed by atoms with Crippen molar-refractivity contribution in [3.8, 4) is 11.5 Å². The van der Waals surface area contributed by atoms with E-state index in [-0.39, 0.29) is 5.91 Å². The van der Waals surface area contributed by atoms with Crippen LogP contribution in [-0.2, 0) is 0 Å². The van der Waals surface area contributed by atoms with Crippen LogP contribution in [0, 0.1) is 0 Å². The Morgan fingerprint density at radius 2 is 1.67 bits per heavy atom. The molecule has 0 saturated carbocycles. The molecule has 4 nitrogen and oxygen atoms in total. The van der Waals surface area contributed by atoms with Crippen molar-refractivity contribution in [2.45, 2.75) is 0 Å². The monoisotopic (exact) mass is 325 g/mol. The number of methoxy groups -OCH3 is 2. The van der Waals surface area contributed by atoms with Crippen LogP contribution in [0.1, 0.15) is 10.4 Å². The van der Waals surface area contributed by atoms with E-state index in [1.165, 1.54) is 7.11 Å². The van der Waals surface area contributed by atoms with Gasteiger partial charge in [0, 0.05) is 21.7 Å². The Kier molecular flexibility index (Phi) is 4.94. The van der Waals surface area contributed by atoms with Gasteiger partial charge in [-0.2, -0.15) is 0 Å². The van der Waals surface area contributed by atoms with Crippen LogP contribution in [0.4, 0.5) is 5.69 Å². The van der Waals surface area contributed by atoms with Crippen LogP contribution >= 0.6 is 23.2 Å². The number of anilines is 1. The van der Waals surface area contributed by atoms with Gasteiger partial charge in [-0.05, 0) is 30.3 Å². The Morgan fingerprint density at radius 1 is 1.00 bits per heavy atom. The number of benzene rings is 2. The molecule has 0 fully saturated rings. The lowest BCUT2D eigenvalue weighted by molar-refractivity contribution is 0.102. The molecule has 2 rings (SSSR count). The second-order valence-electron chi connectivity index (χ2n) is 4.18. The summed E-state index contributed by atoms with van der Waals surface area (Å²) >= 11 is 11.8. The van der Waals surface area contributed by atoms with Crippen molar-refractivity contribution in [3.63, 3.8) is 0 Å². The van der Waals surface area contributed by atoms with Gasteiger partial charge in [0.25, 0.3) is 5.91 Å². The fourth-order valence-corrected chi connectivity index (χ4v) is 2.31. The topological polar surface area (TPSA) is 47.6 Å². The molecule has 0 aliphatic heterocycles. The normalized spacial score (nSPS) is 10.1. The number of ether oxygens (including phenoxy) is 2. The molecule has 0 aliphatic carbocycles. The van der Waals surface area contributed by atoms with Gasteiger partial charge in [0.1, 0.15) is 11.5 Å². The number of hydrogen-bond acceptors (Lipinski definition) is 3. The highest BCUT2D eigenvalue weighted by Crippen LogP contribution is 2.29. The zero-order chi connectivity index (χ0) is 15.4. The maximum absolute atomic E-state index is 12.2. The third-order valence-electron chi connectivity index (χ3n) is 2.78. The molecular weight excluding hydrogens is 313 g/mol. The van der Waals surface area contributed by atoms with Crippen molar-refractivity contribution >= 4 is 34.8 Å². The van der Waals surface area contributed by atoms with E-state index in [4.69, 9.17) is 32.7 Å². The molecule has 0 spiro atoms. The smallest absolute Gasteiger partial charge is 0.255 e. The highest BCUT2D eigenvalue weighted by molar-refractivity contribution is 6.35. The van der Waals surface area contributed by atoms with Crippen molar-refractivity contribution in [3.05, 3.63) is 52.0 Å². The standard InChI is InChI=1S/C15H13Cl2NO3/c1-20-12-3-4-13(14(8-12)21-2)18-15(19)9-5-10(16)7-11(17)6-9/h3-8H,1-2H3,(H,18,19). The number of carbonyl (C=O) groups excluding carboxylic acids is 1.